The molecule has 0 spiro atoms. The van der Waals surface area contributed by atoms with Crippen LogP contribution in [0.5, 0.6) is 0 Å². The van der Waals surface area contributed by atoms with Crippen molar-refractivity contribution in [1.82, 2.24) is 30.1 Å². The molecule has 0 saturated heterocycles. The molecule has 4 aromatic rings. The summed E-state index contributed by atoms with van der Waals surface area (Å²) in [5.41, 5.74) is 2.98. The summed E-state index contributed by atoms with van der Waals surface area (Å²) in [7, 11) is 0. The zero-order valence-corrected chi connectivity index (χ0v) is 9.41. The summed E-state index contributed by atoms with van der Waals surface area (Å²) in [4.78, 5) is 13.9. The van der Waals surface area contributed by atoms with Crippen molar-refractivity contribution in [3.8, 4) is 0 Å². The Hall–Kier alpha value is -2.76. The minimum absolute atomic E-state index is 0.963. The number of hydrogen-bond acceptors (Lipinski definition) is 4. The van der Waals surface area contributed by atoms with E-state index in [9.17, 15) is 0 Å². The van der Waals surface area contributed by atoms with Crippen LogP contribution in [-0.2, 0) is 0 Å². The van der Waals surface area contributed by atoms with Crippen LogP contribution in [0.25, 0.3) is 21.9 Å². The number of H-pyrrole nitrogens is 2. The van der Waals surface area contributed by atoms with Gasteiger partial charge in [0, 0.05) is 17.8 Å². The van der Waals surface area contributed by atoms with Crippen molar-refractivity contribution in [2.75, 3.05) is 0 Å². The quantitative estimate of drug-likeness (QED) is 0.490. The maximum atomic E-state index is 4.00. The third kappa shape index (κ3) is 2.03. The first-order chi connectivity index (χ1) is 8.93. The number of aromatic amines is 2. The van der Waals surface area contributed by atoms with E-state index in [0.29, 0.717) is 0 Å². The first kappa shape index (κ1) is 10.4. The van der Waals surface area contributed by atoms with Crippen molar-refractivity contribution in [2.45, 2.75) is 0 Å². The Labute approximate surface area is 102 Å². The normalized spacial score (nSPS) is 10.2. The predicted molar refractivity (Wildman–Crippen MR) is 67.8 cm³/mol. The molecule has 0 unspecified atom stereocenters. The van der Waals surface area contributed by atoms with Crippen LogP contribution >= 0.6 is 0 Å². The average molecular weight is 238 g/mol. The summed E-state index contributed by atoms with van der Waals surface area (Å²) < 4.78 is 0. The van der Waals surface area contributed by atoms with Gasteiger partial charge in [-0.2, -0.15) is 10.2 Å². The minimum Gasteiger partial charge on any atom is -0.360 e. The Morgan fingerprint density at radius 3 is 2.56 bits per heavy atom. The molecule has 0 atom stereocenters. The highest BCUT2D eigenvalue weighted by atomic mass is 15.1. The molecule has 2 N–H and O–H groups in total. The van der Waals surface area contributed by atoms with E-state index in [1.54, 1.807) is 18.6 Å². The van der Waals surface area contributed by atoms with Crippen LogP contribution in [0.15, 0.2) is 49.4 Å². The molecule has 0 aliphatic carbocycles. The smallest absolute Gasteiger partial charge is 0.116 e. The van der Waals surface area contributed by atoms with E-state index in [-0.39, 0.29) is 0 Å². The number of hydrogen-bond donors (Lipinski definition) is 2. The zero-order valence-electron chi connectivity index (χ0n) is 9.41. The molecular weight excluding hydrogens is 228 g/mol. The van der Waals surface area contributed by atoms with E-state index in [1.807, 2.05) is 24.5 Å². The lowest BCUT2D eigenvalue weighted by Gasteiger charge is -1.82. The minimum atomic E-state index is 0.963. The van der Waals surface area contributed by atoms with E-state index in [1.165, 1.54) is 6.33 Å². The van der Waals surface area contributed by atoms with Gasteiger partial charge in [0.2, 0.25) is 0 Å². The van der Waals surface area contributed by atoms with Crippen LogP contribution in [-0.4, -0.2) is 30.1 Å². The lowest BCUT2D eigenvalue weighted by molar-refractivity contribution is 1.05. The number of nitrogens with zero attached hydrogens (tertiary/aromatic N) is 4. The number of aromatic nitrogens is 6. The fraction of sp³-hybridized carbons (Fsp3) is 0. The summed E-state index contributed by atoms with van der Waals surface area (Å²) >= 11 is 0. The molecule has 0 bridgehead atoms. The molecule has 4 rings (SSSR count). The van der Waals surface area contributed by atoms with E-state index >= 15 is 0 Å². The van der Waals surface area contributed by atoms with Gasteiger partial charge in [0.05, 0.1) is 35.1 Å². The topological polar surface area (TPSA) is 83.1 Å². The van der Waals surface area contributed by atoms with Gasteiger partial charge in [-0.25, -0.2) is 9.97 Å². The first-order valence-corrected chi connectivity index (χ1v) is 5.40. The fourth-order valence-electron chi connectivity index (χ4n) is 1.60. The summed E-state index contributed by atoms with van der Waals surface area (Å²) in [6.45, 7) is 0. The van der Waals surface area contributed by atoms with Gasteiger partial charge in [-0.15, -0.1) is 0 Å². The second-order valence-electron chi connectivity index (χ2n) is 3.64. The second-order valence-corrected chi connectivity index (χ2v) is 3.64. The highest BCUT2D eigenvalue weighted by molar-refractivity contribution is 5.76. The molecule has 4 heterocycles. The number of nitrogens with one attached hydrogen (secondary N) is 2. The van der Waals surface area contributed by atoms with Crippen molar-refractivity contribution in [2.24, 2.45) is 0 Å². The summed E-state index contributed by atoms with van der Waals surface area (Å²) in [5, 5.41) is 8.52. The molecule has 0 fully saturated rings. The van der Waals surface area contributed by atoms with Crippen LogP contribution in [0.1, 0.15) is 0 Å². The number of rotatable bonds is 0. The van der Waals surface area contributed by atoms with E-state index in [4.69, 9.17) is 0 Å². The third-order valence-corrected chi connectivity index (χ3v) is 2.49. The SMILES string of the molecule is c1cc2cnncc2[nH]1.c1ncc2[nH]ccc2n1. The largest absolute Gasteiger partial charge is 0.360 e. The van der Waals surface area contributed by atoms with Gasteiger partial charge < -0.3 is 9.97 Å². The van der Waals surface area contributed by atoms with Crippen LogP contribution in [0.2, 0.25) is 0 Å². The van der Waals surface area contributed by atoms with Crippen LogP contribution in [0.3, 0.4) is 0 Å². The Bertz CT molecular complexity index is 631. The van der Waals surface area contributed by atoms with Gasteiger partial charge in [0.15, 0.2) is 0 Å². The van der Waals surface area contributed by atoms with Gasteiger partial charge >= 0.3 is 0 Å². The standard InChI is InChI=1S/2C6H5N3/c1-2-8-6-3-7-4-9-5(1)6;1-2-7-6-4-9-8-3-5(1)6/h1-4,8H;1-4,7H. The molecule has 0 aliphatic rings. The summed E-state index contributed by atoms with van der Waals surface area (Å²) in [6, 6.07) is 3.88. The predicted octanol–water partition coefficient (Wildman–Crippen LogP) is 1.92. The monoisotopic (exact) mass is 238 g/mol. The van der Waals surface area contributed by atoms with Crippen LogP contribution < -0.4 is 0 Å². The molecule has 18 heavy (non-hydrogen) atoms. The first-order valence-electron chi connectivity index (χ1n) is 5.40. The van der Waals surface area contributed by atoms with E-state index in [0.717, 1.165) is 21.9 Å². The molecule has 6 nitrogen and oxygen atoms in total. The van der Waals surface area contributed by atoms with Gasteiger partial charge in [-0.1, -0.05) is 0 Å². The summed E-state index contributed by atoms with van der Waals surface area (Å²) in [6.07, 6.45) is 10.4. The Balaban J connectivity index is 0.000000111. The Kier molecular flexibility index (Phi) is 2.67. The molecule has 0 saturated carbocycles. The van der Waals surface area contributed by atoms with Crippen molar-refractivity contribution in [3.05, 3.63) is 49.4 Å². The Morgan fingerprint density at radius 1 is 0.833 bits per heavy atom. The second kappa shape index (κ2) is 4.62. The zero-order chi connectivity index (χ0) is 12.2. The van der Waals surface area contributed by atoms with Gasteiger partial charge in [0.25, 0.3) is 0 Å². The third-order valence-electron chi connectivity index (χ3n) is 2.49. The number of fused-ring (bicyclic) bond motifs is 2. The lowest BCUT2D eigenvalue weighted by atomic mass is 10.4. The maximum Gasteiger partial charge on any atom is 0.116 e. The van der Waals surface area contributed by atoms with Gasteiger partial charge in [-0.3, -0.25) is 0 Å². The molecule has 0 aliphatic heterocycles. The molecule has 0 radical (unpaired) electrons. The molecule has 6 heteroatoms. The molecule has 0 amide bonds. The maximum absolute atomic E-state index is 4.00. The molecular formula is C12H10N6. The summed E-state index contributed by atoms with van der Waals surface area (Å²) in [5.74, 6) is 0. The van der Waals surface area contributed by atoms with Crippen LogP contribution in [0.4, 0.5) is 0 Å². The molecule has 88 valence electrons. The molecule has 4 aromatic heterocycles. The highest BCUT2D eigenvalue weighted by Crippen LogP contribution is 2.05. The van der Waals surface area contributed by atoms with Gasteiger partial charge in [-0.05, 0) is 12.1 Å². The lowest BCUT2D eigenvalue weighted by Crippen LogP contribution is -1.75. The Morgan fingerprint density at radius 2 is 1.67 bits per heavy atom. The highest BCUT2D eigenvalue weighted by Gasteiger charge is 1.90. The van der Waals surface area contributed by atoms with Crippen molar-refractivity contribution in [1.29, 1.82) is 0 Å². The van der Waals surface area contributed by atoms with Gasteiger partial charge in [0.1, 0.15) is 6.33 Å². The molecule has 0 aromatic carbocycles. The van der Waals surface area contributed by atoms with Crippen molar-refractivity contribution < 1.29 is 0 Å². The average Bonchev–Trinajstić information content (AvgIpc) is 3.08. The van der Waals surface area contributed by atoms with Crippen molar-refractivity contribution >= 4 is 21.9 Å². The van der Waals surface area contributed by atoms with E-state index in [2.05, 4.69) is 30.1 Å². The van der Waals surface area contributed by atoms with Crippen LogP contribution in [0, 0.1) is 0 Å². The van der Waals surface area contributed by atoms with E-state index < -0.39 is 0 Å². The fourth-order valence-corrected chi connectivity index (χ4v) is 1.60. The van der Waals surface area contributed by atoms with Crippen molar-refractivity contribution in [3.63, 3.8) is 0 Å².